The molecule has 3 aromatic rings. The Labute approximate surface area is 225 Å². The minimum atomic E-state index is -1.06. The topological polar surface area (TPSA) is 110 Å². The summed E-state index contributed by atoms with van der Waals surface area (Å²) in [5, 5.41) is 12.6. The first-order valence-electron chi connectivity index (χ1n) is 11.6. The first-order chi connectivity index (χ1) is 18.0. The quantitative estimate of drug-likeness (QED) is 0.331. The van der Waals surface area contributed by atoms with Crippen LogP contribution >= 0.6 is 11.6 Å². The van der Waals surface area contributed by atoms with Gasteiger partial charge in [0.2, 0.25) is 5.91 Å². The number of nitrogens with one attached hydrogen (secondary N) is 1. The number of methoxy groups -OCH3 is 1. The van der Waals surface area contributed by atoms with E-state index in [2.05, 4.69) is 17.3 Å². The van der Waals surface area contributed by atoms with Crippen LogP contribution in [0.5, 0.6) is 5.75 Å². The van der Waals surface area contributed by atoms with Crippen molar-refractivity contribution < 1.29 is 19.1 Å². The number of hydrogen-bond donors (Lipinski definition) is 1. The monoisotopic (exact) mass is 531 g/mol. The minimum Gasteiger partial charge on any atom is -0.495 e. The molecule has 0 radical (unpaired) electrons. The lowest BCUT2D eigenvalue weighted by atomic mass is 10.00. The molecule has 0 spiro atoms. The van der Waals surface area contributed by atoms with Crippen LogP contribution in [0.25, 0.3) is 11.1 Å². The van der Waals surface area contributed by atoms with E-state index in [0.29, 0.717) is 33.0 Å². The SMILES string of the molecule is C#CCC(C(=O)Nc1ccc(C(=O)OC(C)(C)C)cc1)n1cc(OC)c(-c2cc(Cl)ccc2C#N)cc1=O. The van der Waals surface area contributed by atoms with Crippen LogP contribution in [0, 0.1) is 23.7 Å². The van der Waals surface area contributed by atoms with Gasteiger partial charge in [-0.05, 0) is 63.2 Å². The maximum absolute atomic E-state index is 13.2. The van der Waals surface area contributed by atoms with Crippen molar-refractivity contribution in [2.45, 2.75) is 38.8 Å². The molecule has 1 unspecified atom stereocenters. The van der Waals surface area contributed by atoms with E-state index in [9.17, 15) is 19.6 Å². The Morgan fingerprint density at radius 1 is 1.13 bits per heavy atom. The molecule has 194 valence electrons. The molecule has 0 aliphatic carbocycles. The molecule has 0 fully saturated rings. The molecule has 38 heavy (non-hydrogen) atoms. The van der Waals surface area contributed by atoms with Crippen molar-refractivity contribution in [3.63, 3.8) is 0 Å². The number of hydrogen-bond acceptors (Lipinski definition) is 6. The molecule has 2 aromatic carbocycles. The number of pyridine rings is 1. The summed E-state index contributed by atoms with van der Waals surface area (Å²) in [4.78, 5) is 38.6. The average molecular weight is 532 g/mol. The first-order valence-corrected chi connectivity index (χ1v) is 11.9. The third-order valence-electron chi connectivity index (χ3n) is 5.39. The lowest BCUT2D eigenvalue weighted by Gasteiger charge is -2.20. The van der Waals surface area contributed by atoms with Crippen LogP contribution in [-0.4, -0.2) is 29.2 Å². The molecule has 0 saturated heterocycles. The van der Waals surface area contributed by atoms with E-state index in [-0.39, 0.29) is 12.2 Å². The second kappa shape index (κ2) is 11.7. The zero-order valence-electron chi connectivity index (χ0n) is 21.4. The number of anilines is 1. The number of carbonyl (C=O) groups is 2. The molecule has 0 aliphatic heterocycles. The van der Waals surface area contributed by atoms with Gasteiger partial charge in [-0.2, -0.15) is 5.26 Å². The summed E-state index contributed by atoms with van der Waals surface area (Å²) in [5.41, 5.74) is 0.637. The predicted octanol–water partition coefficient (Wildman–Crippen LogP) is 5.21. The van der Waals surface area contributed by atoms with Gasteiger partial charge in [0, 0.05) is 34.3 Å². The standard InChI is InChI=1S/C29H26ClN3O5/c1-6-7-24(27(35)32-21-12-9-18(10-13-21)28(36)38-29(2,3)4)33-17-25(37-5)23(15-26(33)34)22-14-20(30)11-8-19(22)16-31/h1,8-15,17,24H,7H2,2-5H3,(H,32,35). The third-order valence-corrected chi connectivity index (χ3v) is 5.63. The summed E-state index contributed by atoms with van der Waals surface area (Å²) in [7, 11) is 1.41. The van der Waals surface area contributed by atoms with E-state index in [4.69, 9.17) is 27.5 Å². The van der Waals surface area contributed by atoms with Crippen molar-refractivity contribution >= 4 is 29.2 Å². The van der Waals surface area contributed by atoms with Crippen LogP contribution in [0.3, 0.4) is 0 Å². The lowest BCUT2D eigenvalue weighted by molar-refractivity contribution is -0.119. The number of nitrogens with zero attached hydrogens (tertiary/aromatic N) is 2. The molecule has 3 rings (SSSR count). The highest BCUT2D eigenvalue weighted by Gasteiger charge is 2.24. The van der Waals surface area contributed by atoms with Crippen molar-refractivity contribution in [3.05, 3.63) is 81.2 Å². The zero-order chi connectivity index (χ0) is 28.0. The number of esters is 1. The van der Waals surface area contributed by atoms with Crippen LogP contribution in [0.4, 0.5) is 5.69 Å². The minimum absolute atomic E-state index is 0.0785. The van der Waals surface area contributed by atoms with E-state index < -0.39 is 29.1 Å². The Morgan fingerprint density at radius 2 is 1.82 bits per heavy atom. The molecule has 1 amide bonds. The Morgan fingerprint density at radius 3 is 2.39 bits per heavy atom. The second-order valence-electron chi connectivity index (χ2n) is 9.30. The number of terminal acetylenes is 1. The predicted molar refractivity (Wildman–Crippen MR) is 145 cm³/mol. The number of amides is 1. The summed E-state index contributed by atoms with van der Waals surface area (Å²) in [6.45, 7) is 5.31. The molecule has 1 heterocycles. The van der Waals surface area contributed by atoms with Crippen molar-refractivity contribution in [2.24, 2.45) is 0 Å². The second-order valence-corrected chi connectivity index (χ2v) is 9.73. The van der Waals surface area contributed by atoms with Gasteiger partial charge in [0.05, 0.1) is 30.5 Å². The molecule has 1 atom stereocenters. The van der Waals surface area contributed by atoms with Gasteiger partial charge < -0.3 is 14.8 Å². The fraction of sp³-hybridized carbons (Fsp3) is 0.241. The van der Waals surface area contributed by atoms with Gasteiger partial charge in [-0.25, -0.2) is 4.79 Å². The van der Waals surface area contributed by atoms with Crippen LogP contribution in [0.1, 0.15) is 49.2 Å². The van der Waals surface area contributed by atoms with Crippen LogP contribution in [0.2, 0.25) is 5.02 Å². The molecular weight excluding hydrogens is 506 g/mol. The van der Waals surface area contributed by atoms with Crippen molar-refractivity contribution in [2.75, 3.05) is 12.4 Å². The molecule has 0 aliphatic rings. The highest BCUT2D eigenvalue weighted by molar-refractivity contribution is 6.31. The fourth-order valence-electron chi connectivity index (χ4n) is 3.66. The molecule has 1 aromatic heterocycles. The van der Waals surface area contributed by atoms with E-state index in [0.717, 1.165) is 0 Å². The average Bonchev–Trinajstić information content (AvgIpc) is 2.86. The van der Waals surface area contributed by atoms with Gasteiger partial charge in [-0.1, -0.05) is 11.6 Å². The van der Waals surface area contributed by atoms with Crippen molar-refractivity contribution in [1.82, 2.24) is 4.57 Å². The van der Waals surface area contributed by atoms with Gasteiger partial charge in [-0.15, -0.1) is 12.3 Å². The third kappa shape index (κ3) is 6.61. The Hall–Kier alpha value is -4.53. The first kappa shape index (κ1) is 28.0. The smallest absolute Gasteiger partial charge is 0.338 e. The number of carbonyl (C=O) groups excluding carboxylic acids is 2. The highest BCUT2D eigenvalue weighted by atomic mass is 35.5. The Bertz CT molecular complexity index is 1510. The molecule has 9 heteroatoms. The lowest BCUT2D eigenvalue weighted by Crippen LogP contribution is -2.33. The summed E-state index contributed by atoms with van der Waals surface area (Å²) < 4.78 is 12.0. The number of halogens is 1. The molecule has 8 nitrogen and oxygen atoms in total. The van der Waals surface area contributed by atoms with Gasteiger partial charge in [0.1, 0.15) is 17.4 Å². The van der Waals surface area contributed by atoms with Crippen LogP contribution in [-0.2, 0) is 9.53 Å². The van der Waals surface area contributed by atoms with Gasteiger partial charge in [0.15, 0.2) is 0 Å². The van der Waals surface area contributed by atoms with Crippen LogP contribution in [0.15, 0.2) is 59.5 Å². The molecule has 1 N–H and O–H groups in total. The van der Waals surface area contributed by atoms with Crippen LogP contribution < -0.4 is 15.6 Å². The maximum Gasteiger partial charge on any atom is 0.338 e. The normalized spacial score (nSPS) is 11.6. The fourth-order valence-corrected chi connectivity index (χ4v) is 3.84. The number of rotatable bonds is 7. The Balaban J connectivity index is 1.93. The summed E-state index contributed by atoms with van der Waals surface area (Å²) in [5.74, 6) is 1.66. The molecule has 0 saturated carbocycles. The van der Waals surface area contributed by atoms with Gasteiger partial charge >= 0.3 is 5.97 Å². The van der Waals surface area contributed by atoms with E-state index in [1.54, 1.807) is 51.1 Å². The highest BCUT2D eigenvalue weighted by Crippen LogP contribution is 2.33. The van der Waals surface area contributed by atoms with E-state index in [1.807, 2.05) is 0 Å². The largest absolute Gasteiger partial charge is 0.495 e. The Kier molecular flexibility index (Phi) is 8.62. The van der Waals surface area contributed by atoms with Crippen molar-refractivity contribution in [3.8, 4) is 35.3 Å². The molecule has 0 bridgehead atoms. The zero-order valence-corrected chi connectivity index (χ0v) is 22.1. The summed E-state index contributed by atoms with van der Waals surface area (Å²) in [6.07, 6.45) is 6.82. The summed E-state index contributed by atoms with van der Waals surface area (Å²) in [6, 6.07) is 13.1. The van der Waals surface area contributed by atoms with Gasteiger partial charge in [0.25, 0.3) is 5.56 Å². The maximum atomic E-state index is 13.2. The number of nitriles is 1. The number of ether oxygens (including phenoxy) is 2. The van der Waals surface area contributed by atoms with E-state index in [1.165, 1.54) is 36.1 Å². The molecular formula is C29H26ClN3O5. The summed E-state index contributed by atoms with van der Waals surface area (Å²) >= 11 is 6.12. The number of aromatic nitrogens is 1. The van der Waals surface area contributed by atoms with E-state index >= 15 is 0 Å². The van der Waals surface area contributed by atoms with Crippen molar-refractivity contribution in [1.29, 1.82) is 5.26 Å². The number of benzene rings is 2. The van der Waals surface area contributed by atoms with Gasteiger partial charge in [-0.3, -0.25) is 14.2 Å².